The second-order valence-electron chi connectivity index (χ2n) is 10.6. The minimum absolute atomic E-state index is 0.0176. The lowest BCUT2D eigenvalue weighted by atomic mass is 9.90. The first-order chi connectivity index (χ1) is 19.3. The summed E-state index contributed by atoms with van der Waals surface area (Å²) in [5.74, 6) is 1.97. The molecule has 2 aromatic heterocycles. The van der Waals surface area contributed by atoms with E-state index in [1.165, 1.54) is 10.6 Å². The highest BCUT2D eigenvalue weighted by Gasteiger charge is 2.29. The van der Waals surface area contributed by atoms with Crippen LogP contribution in [0.5, 0.6) is 5.75 Å². The molecule has 1 N–H and O–H groups in total. The Kier molecular flexibility index (Phi) is 9.15. The van der Waals surface area contributed by atoms with Crippen LogP contribution >= 0.6 is 23.4 Å². The molecule has 214 valence electrons. The number of hydrogen-bond donors (Lipinski definition) is 1. The number of amides is 1. The van der Waals surface area contributed by atoms with E-state index in [1.807, 2.05) is 30.8 Å². The molecule has 1 aromatic carbocycles. The lowest BCUT2D eigenvalue weighted by Crippen LogP contribution is -2.46. The van der Waals surface area contributed by atoms with Crippen LogP contribution < -0.4 is 21.3 Å². The van der Waals surface area contributed by atoms with Crippen molar-refractivity contribution in [3.63, 3.8) is 0 Å². The third-order valence-corrected chi connectivity index (χ3v) is 9.13. The fourth-order valence-corrected chi connectivity index (χ4v) is 7.08. The van der Waals surface area contributed by atoms with Crippen molar-refractivity contribution in [1.82, 2.24) is 19.4 Å². The number of benzene rings is 1. The molecule has 0 spiro atoms. The Morgan fingerprint density at radius 3 is 2.55 bits per heavy atom. The third kappa shape index (κ3) is 6.38. The smallest absolute Gasteiger partial charge is 0.333 e. The van der Waals surface area contributed by atoms with Crippen molar-refractivity contribution < 1.29 is 13.9 Å². The molecule has 5 rings (SSSR count). The number of pyridine rings is 1. The Morgan fingerprint density at radius 1 is 1.10 bits per heavy atom. The Morgan fingerprint density at radius 2 is 1.82 bits per heavy atom. The van der Waals surface area contributed by atoms with Crippen molar-refractivity contribution in [2.24, 2.45) is 0 Å². The normalized spacial score (nSPS) is 20.0. The Bertz CT molecular complexity index is 1500. The zero-order valence-corrected chi connectivity index (χ0v) is 24.1. The number of carbonyl (C=O) groups excluding carboxylic acids is 1. The van der Waals surface area contributed by atoms with Crippen molar-refractivity contribution >= 4 is 40.3 Å². The van der Waals surface area contributed by atoms with Crippen molar-refractivity contribution in [2.75, 3.05) is 18.1 Å². The molecule has 8 nitrogen and oxygen atoms in total. The Balaban J connectivity index is 1.21. The minimum atomic E-state index is -0.597. The molecule has 1 aliphatic heterocycles. The highest BCUT2D eigenvalue weighted by atomic mass is 35.5. The fourth-order valence-electron chi connectivity index (χ4n) is 5.77. The minimum Gasteiger partial charge on any atom is -0.493 e. The molecule has 0 bridgehead atoms. The summed E-state index contributed by atoms with van der Waals surface area (Å²) < 4.78 is 22.8. The highest BCUT2D eigenvalue weighted by Crippen LogP contribution is 2.30. The van der Waals surface area contributed by atoms with E-state index in [4.69, 9.17) is 16.3 Å². The van der Waals surface area contributed by atoms with Gasteiger partial charge < -0.3 is 10.1 Å². The van der Waals surface area contributed by atoms with Crippen LogP contribution in [0.2, 0.25) is 5.02 Å². The van der Waals surface area contributed by atoms with Crippen LogP contribution in [-0.2, 0) is 4.79 Å². The summed E-state index contributed by atoms with van der Waals surface area (Å²) in [5, 5.41) is 3.89. The topological polar surface area (TPSA) is 95.2 Å². The molecule has 0 unspecified atom stereocenters. The SMILES string of the molecule is Cc1cc(Cl)ccc1OCCCC(=O)NC1CCC(n2c(=O)c3cc(F)cnc3n(C3CCSCC3)c2=O)CC1. The largest absolute Gasteiger partial charge is 0.493 e. The van der Waals surface area contributed by atoms with Crippen LogP contribution in [0.4, 0.5) is 4.39 Å². The van der Waals surface area contributed by atoms with Crippen molar-refractivity contribution in [1.29, 1.82) is 0 Å². The van der Waals surface area contributed by atoms with Crippen molar-refractivity contribution in [2.45, 2.75) is 76.4 Å². The zero-order chi connectivity index (χ0) is 28.2. The van der Waals surface area contributed by atoms with E-state index in [9.17, 15) is 18.8 Å². The predicted molar refractivity (Wildman–Crippen MR) is 156 cm³/mol. The second-order valence-corrected chi connectivity index (χ2v) is 12.3. The predicted octanol–water partition coefficient (Wildman–Crippen LogP) is 5.19. The number of rotatable bonds is 8. The number of nitrogens with one attached hydrogen (secondary N) is 1. The van der Waals surface area contributed by atoms with E-state index < -0.39 is 11.4 Å². The molecule has 0 radical (unpaired) electrons. The maximum Gasteiger partial charge on any atom is 0.333 e. The summed E-state index contributed by atoms with van der Waals surface area (Å²) in [6, 6.07) is 6.25. The van der Waals surface area contributed by atoms with Gasteiger partial charge in [0, 0.05) is 29.6 Å². The molecular weight excluding hydrogens is 555 g/mol. The molecule has 0 atom stereocenters. The first-order valence-corrected chi connectivity index (χ1v) is 15.4. The molecule has 1 saturated heterocycles. The average molecular weight is 589 g/mol. The van der Waals surface area contributed by atoms with E-state index in [1.54, 1.807) is 10.6 Å². The zero-order valence-electron chi connectivity index (χ0n) is 22.5. The first kappa shape index (κ1) is 28.7. The quantitative estimate of drug-likeness (QED) is 0.364. The van der Waals surface area contributed by atoms with Crippen LogP contribution in [-0.4, -0.2) is 44.2 Å². The molecule has 3 aromatic rings. The van der Waals surface area contributed by atoms with Crippen molar-refractivity contribution in [3.05, 3.63) is 67.7 Å². The van der Waals surface area contributed by atoms with Gasteiger partial charge in [-0.15, -0.1) is 0 Å². The summed E-state index contributed by atoms with van der Waals surface area (Å²) in [7, 11) is 0. The second kappa shape index (κ2) is 12.8. The fraction of sp³-hybridized carbons (Fsp3) is 0.517. The number of thioether (sulfide) groups is 1. The number of nitrogens with zero attached hydrogens (tertiary/aromatic N) is 3. The number of ether oxygens (including phenoxy) is 1. The van der Waals surface area contributed by atoms with Crippen LogP contribution in [0.15, 0.2) is 40.1 Å². The molecule has 40 heavy (non-hydrogen) atoms. The van der Waals surface area contributed by atoms with Gasteiger partial charge in [0.1, 0.15) is 17.2 Å². The molecule has 1 aliphatic carbocycles. The summed E-state index contributed by atoms with van der Waals surface area (Å²) in [6.45, 7) is 2.35. The standard InChI is InChI=1S/C29H34ClFN4O4S/c1-18-15-19(30)4-9-25(18)39-12-2-3-26(36)33-21-5-7-22(8-6-21)35-28(37)24-16-20(31)17-32-27(24)34(29(35)38)23-10-13-40-14-11-23/h4,9,15-17,21-23H,2-3,5-8,10-14H2,1H3,(H,33,36). The monoisotopic (exact) mass is 588 g/mol. The van der Waals surface area contributed by atoms with Gasteiger partial charge in [-0.2, -0.15) is 11.8 Å². The van der Waals surface area contributed by atoms with E-state index >= 15 is 0 Å². The van der Waals surface area contributed by atoms with Gasteiger partial charge in [0.2, 0.25) is 5.91 Å². The average Bonchev–Trinajstić information content (AvgIpc) is 2.94. The van der Waals surface area contributed by atoms with Crippen molar-refractivity contribution in [3.8, 4) is 5.75 Å². The number of fused-ring (bicyclic) bond motifs is 1. The summed E-state index contributed by atoms with van der Waals surface area (Å²) in [6.07, 6.45) is 6.07. The van der Waals surface area contributed by atoms with Crippen LogP contribution in [0.25, 0.3) is 11.0 Å². The van der Waals surface area contributed by atoms with Gasteiger partial charge in [0.25, 0.3) is 5.56 Å². The summed E-state index contributed by atoms with van der Waals surface area (Å²) in [4.78, 5) is 43.9. The molecule has 2 aliphatic rings. The highest BCUT2D eigenvalue weighted by molar-refractivity contribution is 7.99. The van der Waals surface area contributed by atoms with Gasteiger partial charge >= 0.3 is 5.69 Å². The van der Waals surface area contributed by atoms with E-state index in [-0.39, 0.29) is 40.8 Å². The number of halogens is 2. The van der Waals surface area contributed by atoms with Gasteiger partial charge in [-0.05, 0) is 93.2 Å². The van der Waals surface area contributed by atoms with Gasteiger partial charge in [-0.3, -0.25) is 18.7 Å². The van der Waals surface area contributed by atoms with Gasteiger partial charge in [-0.25, -0.2) is 14.2 Å². The molecule has 2 fully saturated rings. The number of aromatic nitrogens is 3. The number of aryl methyl sites for hydroxylation is 1. The number of carbonyl (C=O) groups is 1. The Hall–Kier alpha value is -2.85. The maximum atomic E-state index is 14.1. The molecule has 3 heterocycles. The number of hydrogen-bond acceptors (Lipinski definition) is 6. The maximum absolute atomic E-state index is 14.1. The van der Waals surface area contributed by atoms with Crippen LogP contribution in [0, 0.1) is 12.7 Å². The lowest BCUT2D eigenvalue weighted by molar-refractivity contribution is -0.122. The van der Waals surface area contributed by atoms with Crippen LogP contribution in [0.1, 0.15) is 69.0 Å². The summed E-state index contributed by atoms with van der Waals surface area (Å²) >= 11 is 7.82. The molecular formula is C29H34ClFN4O4S. The summed E-state index contributed by atoms with van der Waals surface area (Å²) in [5.41, 5.74) is 0.361. The first-order valence-electron chi connectivity index (χ1n) is 13.9. The lowest BCUT2D eigenvalue weighted by Gasteiger charge is -2.31. The van der Waals surface area contributed by atoms with Gasteiger partial charge in [0.15, 0.2) is 0 Å². The van der Waals surface area contributed by atoms with Crippen LogP contribution in [0.3, 0.4) is 0 Å². The molecule has 1 amide bonds. The van der Waals surface area contributed by atoms with E-state index in [0.717, 1.165) is 41.9 Å². The van der Waals surface area contributed by atoms with Gasteiger partial charge in [-0.1, -0.05) is 11.6 Å². The van der Waals surface area contributed by atoms with E-state index in [2.05, 4.69) is 10.3 Å². The molecule has 1 saturated carbocycles. The Labute approximate surface area is 241 Å². The molecule has 11 heteroatoms. The third-order valence-electron chi connectivity index (χ3n) is 7.85. The van der Waals surface area contributed by atoms with Gasteiger partial charge in [0.05, 0.1) is 18.2 Å². The van der Waals surface area contributed by atoms with E-state index in [0.29, 0.717) is 50.2 Å².